The second kappa shape index (κ2) is 9.23. The molecule has 4 unspecified atom stereocenters. The van der Waals surface area contributed by atoms with E-state index in [2.05, 4.69) is 34.3 Å². The van der Waals surface area contributed by atoms with E-state index in [-0.39, 0.29) is 11.7 Å². The van der Waals surface area contributed by atoms with Gasteiger partial charge in [-0.3, -0.25) is 9.71 Å². The molecule has 2 aromatic heterocycles. The van der Waals surface area contributed by atoms with Crippen molar-refractivity contribution in [1.82, 2.24) is 14.7 Å². The van der Waals surface area contributed by atoms with E-state index in [0.29, 0.717) is 24.1 Å². The van der Waals surface area contributed by atoms with Crippen LogP contribution in [0.5, 0.6) is 0 Å². The van der Waals surface area contributed by atoms with Crippen molar-refractivity contribution < 1.29 is 8.78 Å². The predicted molar refractivity (Wildman–Crippen MR) is 118 cm³/mol. The van der Waals surface area contributed by atoms with E-state index in [0.717, 1.165) is 22.5 Å². The first kappa shape index (κ1) is 22.4. The van der Waals surface area contributed by atoms with Gasteiger partial charge >= 0.3 is 0 Å². The summed E-state index contributed by atoms with van der Waals surface area (Å²) in [6.07, 6.45) is 4.04. The Hall–Kier alpha value is -2.30. The van der Waals surface area contributed by atoms with Gasteiger partial charge < -0.3 is 0 Å². The summed E-state index contributed by atoms with van der Waals surface area (Å²) in [5, 5.41) is 9.15. The molecular weight excluding hydrogens is 402 g/mol. The number of alkyl halides is 2. The summed E-state index contributed by atoms with van der Waals surface area (Å²) in [7, 11) is 0. The third kappa shape index (κ3) is 4.71. The van der Waals surface area contributed by atoms with Crippen LogP contribution in [-0.4, -0.2) is 27.2 Å². The second-order valence-electron chi connectivity index (χ2n) is 7.91. The third-order valence-electron chi connectivity index (χ3n) is 5.87. The highest BCUT2D eigenvalue weighted by Crippen LogP contribution is 2.48. The van der Waals surface area contributed by atoms with Crippen molar-refractivity contribution >= 4 is 18.0 Å². The number of nitrogens with zero attached hydrogens (tertiary/aromatic N) is 3. The standard InChI is InChI=1S/C14H11N3.C9H15F2NS/c1-3-11-6-7-12(10(2)17-11)13-5-4-8-16-14(13)9-15;1-5-3-7-6(2)12-13-8(7)4-9(5,10)11/h3-8H,1H2,2H3;5-8,12H,3-4H2,1-2H3. The van der Waals surface area contributed by atoms with Gasteiger partial charge in [-0.25, -0.2) is 13.8 Å². The van der Waals surface area contributed by atoms with Crippen LogP contribution in [0.15, 0.2) is 37.0 Å². The molecule has 1 aliphatic carbocycles. The average Bonchev–Trinajstić information content (AvgIpc) is 3.07. The molecule has 1 saturated heterocycles. The van der Waals surface area contributed by atoms with Crippen LogP contribution in [0.4, 0.5) is 8.78 Å². The molecule has 0 amide bonds. The number of nitrogens with one attached hydrogen (secondary N) is 1. The second-order valence-corrected chi connectivity index (χ2v) is 8.99. The van der Waals surface area contributed by atoms with Crippen LogP contribution in [0, 0.1) is 30.1 Å². The van der Waals surface area contributed by atoms with Crippen molar-refractivity contribution in [3.8, 4) is 17.2 Å². The van der Waals surface area contributed by atoms with Crippen LogP contribution < -0.4 is 4.72 Å². The van der Waals surface area contributed by atoms with E-state index in [1.807, 2.05) is 31.2 Å². The van der Waals surface area contributed by atoms with Crippen LogP contribution >= 0.6 is 11.9 Å². The highest BCUT2D eigenvalue weighted by molar-refractivity contribution is 7.98. The first-order valence-electron chi connectivity index (χ1n) is 10.0. The minimum atomic E-state index is -2.44. The summed E-state index contributed by atoms with van der Waals surface area (Å²) in [6, 6.07) is 10.0. The van der Waals surface area contributed by atoms with E-state index < -0.39 is 11.8 Å². The van der Waals surface area contributed by atoms with Crippen molar-refractivity contribution in [2.24, 2.45) is 11.8 Å². The zero-order chi connectivity index (χ0) is 21.9. The molecule has 7 heteroatoms. The highest BCUT2D eigenvalue weighted by atomic mass is 32.2. The Balaban J connectivity index is 0.000000177. The number of aromatic nitrogens is 2. The van der Waals surface area contributed by atoms with Crippen LogP contribution in [0.1, 0.15) is 43.8 Å². The van der Waals surface area contributed by atoms with Gasteiger partial charge in [0.05, 0.1) is 5.69 Å². The van der Waals surface area contributed by atoms with E-state index in [1.165, 1.54) is 11.9 Å². The molecule has 0 spiro atoms. The molecule has 4 nitrogen and oxygen atoms in total. The average molecular weight is 429 g/mol. The zero-order valence-corrected chi connectivity index (χ0v) is 18.2. The molecule has 2 aliphatic rings. The molecule has 30 heavy (non-hydrogen) atoms. The quantitative estimate of drug-likeness (QED) is 0.627. The van der Waals surface area contributed by atoms with Crippen molar-refractivity contribution in [3.05, 3.63) is 54.1 Å². The Bertz CT molecular complexity index is 956. The Labute approximate surface area is 181 Å². The van der Waals surface area contributed by atoms with Crippen LogP contribution in [0.25, 0.3) is 17.2 Å². The molecule has 1 saturated carbocycles. The number of pyridine rings is 2. The fourth-order valence-electron chi connectivity index (χ4n) is 3.98. The van der Waals surface area contributed by atoms with Gasteiger partial charge in [0.25, 0.3) is 5.92 Å². The van der Waals surface area contributed by atoms with Crippen LogP contribution in [0.3, 0.4) is 0 Å². The summed E-state index contributed by atoms with van der Waals surface area (Å²) in [4.78, 5) is 8.44. The van der Waals surface area contributed by atoms with E-state index in [4.69, 9.17) is 5.26 Å². The fourth-order valence-corrected chi connectivity index (χ4v) is 5.37. The van der Waals surface area contributed by atoms with Gasteiger partial charge in [0.2, 0.25) is 0 Å². The van der Waals surface area contributed by atoms with Crippen LogP contribution in [0.2, 0.25) is 0 Å². The molecule has 0 aromatic carbocycles. The fraction of sp³-hybridized carbons (Fsp3) is 0.435. The summed E-state index contributed by atoms with van der Waals surface area (Å²) in [5.41, 5.74) is 3.86. The van der Waals surface area contributed by atoms with Crippen molar-refractivity contribution in [1.29, 1.82) is 5.26 Å². The highest BCUT2D eigenvalue weighted by Gasteiger charge is 2.50. The summed E-state index contributed by atoms with van der Waals surface area (Å²) >= 11 is 1.51. The first-order valence-corrected chi connectivity index (χ1v) is 10.9. The molecule has 4 rings (SSSR count). The smallest absolute Gasteiger partial charge is 0.251 e. The SMILES string of the molecule is C=Cc1ccc(-c2cccnc2C#N)c(C)n1.CC1NSC2CC(F)(F)C(C)CC12. The lowest BCUT2D eigenvalue weighted by molar-refractivity contribution is -0.0882. The van der Waals surface area contributed by atoms with Gasteiger partial charge in [-0.1, -0.05) is 31.5 Å². The molecule has 4 atom stereocenters. The lowest BCUT2D eigenvalue weighted by Gasteiger charge is -2.36. The van der Waals surface area contributed by atoms with Gasteiger partial charge in [0.1, 0.15) is 11.8 Å². The number of aryl methyl sites for hydroxylation is 1. The van der Waals surface area contributed by atoms with Gasteiger partial charge in [-0.15, -0.1) is 0 Å². The molecule has 2 aromatic rings. The lowest BCUT2D eigenvalue weighted by Crippen LogP contribution is -2.41. The van der Waals surface area contributed by atoms with Crippen LogP contribution in [-0.2, 0) is 0 Å². The number of hydrogen-bond donors (Lipinski definition) is 1. The van der Waals surface area contributed by atoms with Gasteiger partial charge in [0, 0.05) is 46.6 Å². The summed E-state index contributed by atoms with van der Waals surface area (Å²) < 4.78 is 29.8. The number of fused-ring (bicyclic) bond motifs is 1. The molecule has 0 radical (unpaired) electrons. The van der Waals surface area contributed by atoms with E-state index in [1.54, 1.807) is 19.2 Å². The maximum atomic E-state index is 13.3. The zero-order valence-electron chi connectivity index (χ0n) is 17.4. The molecule has 158 valence electrons. The number of nitriles is 1. The minimum Gasteiger partial charge on any atom is -0.261 e. The topological polar surface area (TPSA) is 61.6 Å². The molecule has 1 N–H and O–H groups in total. The Morgan fingerprint density at radius 3 is 2.73 bits per heavy atom. The maximum Gasteiger partial charge on any atom is 0.251 e. The summed E-state index contributed by atoms with van der Waals surface area (Å²) in [6.45, 7) is 9.36. The normalized spacial score (nSPS) is 26.7. The monoisotopic (exact) mass is 428 g/mol. The minimum absolute atomic E-state index is 0.0564. The Morgan fingerprint density at radius 1 is 1.30 bits per heavy atom. The largest absolute Gasteiger partial charge is 0.261 e. The number of rotatable bonds is 2. The van der Waals surface area contributed by atoms with E-state index in [9.17, 15) is 8.78 Å². The Kier molecular flexibility index (Phi) is 6.89. The predicted octanol–water partition coefficient (Wildman–Crippen LogP) is 5.64. The van der Waals surface area contributed by atoms with Crippen molar-refractivity contribution in [2.45, 2.75) is 50.8 Å². The van der Waals surface area contributed by atoms with Gasteiger partial charge in [-0.2, -0.15) is 5.26 Å². The lowest BCUT2D eigenvalue weighted by atomic mass is 9.76. The number of halogens is 2. The van der Waals surface area contributed by atoms with E-state index >= 15 is 0 Å². The molecule has 1 aliphatic heterocycles. The molecule has 2 fully saturated rings. The van der Waals surface area contributed by atoms with Crippen molar-refractivity contribution in [3.63, 3.8) is 0 Å². The number of hydrogen-bond acceptors (Lipinski definition) is 5. The molecular formula is C23H26F2N4S. The Morgan fingerprint density at radius 2 is 2.07 bits per heavy atom. The molecule has 3 heterocycles. The first-order chi connectivity index (χ1) is 14.3. The maximum absolute atomic E-state index is 13.3. The third-order valence-corrected chi connectivity index (χ3v) is 7.19. The summed E-state index contributed by atoms with van der Waals surface area (Å²) in [5.74, 6) is -2.45. The van der Waals surface area contributed by atoms with Crippen molar-refractivity contribution in [2.75, 3.05) is 0 Å². The van der Waals surface area contributed by atoms with Gasteiger partial charge in [-0.05, 0) is 50.5 Å². The van der Waals surface area contributed by atoms with Gasteiger partial charge in [0.15, 0.2) is 0 Å². The molecule has 0 bridgehead atoms.